The topological polar surface area (TPSA) is 99.1 Å². The summed E-state index contributed by atoms with van der Waals surface area (Å²) in [5.41, 5.74) is 3.23. The average Bonchev–Trinajstić information content (AvgIpc) is 3.07. The number of thioether (sulfide) groups is 1. The Morgan fingerprint density at radius 3 is 2.57 bits per heavy atom. The third-order valence-electron chi connectivity index (χ3n) is 4.59. The number of allylic oxidation sites excluding steroid dienone is 2. The molecule has 0 saturated heterocycles. The number of hydrogen-bond acceptors (Lipinski definition) is 8. The van der Waals surface area contributed by atoms with E-state index in [9.17, 15) is 14.4 Å². The monoisotopic (exact) mass is 454 g/mol. The standard InChI is InChI=1S/C21H26O7S2/c1-12(5-7-17(23)24)4-6-14-19(26-3)16(11-30-9-8-29)15-10-27-21(25)18(15)20(14)28-13(2)22/h4,29H,5-11H2,1-3H3,(H,23,24)/b12-4+. The molecule has 0 atom stereocenters. The molecule has 0 aromatic heterocycles. The fourth-order valence-corrected chi connectivity index (χ4v) is 4.38. The number of ether oxygens (including phenoxy) is 3. The highest BCUT2D eigenvalue weighted by molar-refractivity contribution is 7.99. The number of cyclic esters (lactones) is 1. The normalized spacial score (nSPS) is 13.1. The molecule has 0 fully saturated rings. The first-order chi connectivity index (χ1) is 14.3. The second-order valence-electron chi connectivity index (χ2n) is 6.77. The minimum atomic E-state index is -0.871. The van der Waals surface area contributed by atoms with Crippen molar-refractivity contribution in [1.29, 1.82) is 0 Å². The lowest BCUT2D eigenvalue weighted by Gasteiger charge is -2.20. The van der Waals surface area contributed by atoms with E-state index in [1.807, 2.05) is 13.0 Å². The maximum absolute atomic E-state index is 12.5. The predicted octanol–water partition coefficient (Wildman–Crippen LogP) is 3.81. The number of hydrogen-bond donors (Lipinski definition) is 2. The van der Waals surface area contributed by atoms with Crippen molar-refractivity contribution in [3.8, 4) is 11.5 Å². The van der Waals surface area contributed by atoms with Gasteiger partial charge < -0.3 is 19.3 Å². The molecule has 0 spiro atoms. The second-order valence-corrected chi connectivity index (χ2v) is 8.32. The van der Waals surface area contributed by atoms with Gasteiger partial charge in [0.05, 0.1) is 7.11 Å². The zero-order valence-electron chi connectivity index (χ0n) is 17.3. The number of rotatable bonds is 11. The number of carboxylic acid groups (broad SMARTS) is 1. The smallest absolute Gasteiger partial charge is 0.342 e. The van der Waals surface area contributed by atoms with Crippen LogP contribution in [0.15, 0.2) is 11.6 Å². The molecule has 0 amide bonds. The Bertz CT molecular complexity index is 862. The van der Waals surface area contributed by atoms with Crippen molar-refractivity contribution in [2.75, 3.05) is 18.6 Å². The number of carbonyl (C=O) groups is 3. The summed E-state index contributed by atoms with van der Waals surface area (Å²) in [4.78, 5) is 35.1. The van der Waals surface area contributed by atoms with Gasteiger partial charge in [0.25, 0.3) is 0 Å². The molecule has 0 unspecified atom stereocenters. The molecule has 0 saturated carbocycles. The lowest BCUT2D eigenvalue weighted by molar-refractivity contribution is -0.137. The van der Waals surface area contributed by atoms with Crippen LogP contribution in [-0.2, 0) is 33.1 Å². The third-order valence-corrected chi connectivity index (χ3v) is 6.10. The van der Waals surface area contributed by atoms with Crippen LogP contribution in [-0.4, -0.2) is 41.6 Å². The molecule has 7 nitrogen and oxygen atoms in total. The van der Waals surface area contributed by atoms with Gasteiger partial charge in [-0.2, -0.15) is 24.4 Å². The maximum Gasteiger partial charge on any atom is 0.342 e. The molecule has 1 aromatic rings. The first-order valence-electron chi connectivity index (χ1n) is 9.46. The van der Waals surface area contributed by atoms with Gasteiger partial charge in [-0.05, 0) is 25.5 Å². The predicted molar refractivity (Wildman–Crippen MR) is 118 cm³/mol. The van der Waals surface area contributed by atoms with Crippen molar-refractivity contribution in [3.05, 3.63) is 33.9 Å². The Morgan fingerprint density at radius 2 is 1.97 bits per heavy atom. The zero-order chi connectivity index (χ0) is 22.3. The van der Waals surface area contributed by atoms with Gasteiger partial charge in [0.15, 0.2) is 5.75 Å². The molecule has 1 aliphatic rings. The molecule has 164 valence electrons. The highest BCUT2D eigenvalue weighted by Crippen LogP contribution is 2.44. The molecule has 0 aliphatic carbocycles. The van der Waals surface area contributed by atoms with E-state index < -0.39 is 17.9 Å². The number of esters is 2. The first-order valence-corrected chi connectivity index (χ1v) is 11.2. The van der Waals surface area contributed by atoms with Crippen molar-refractivity contribution in [2.45, 2.75) is 45.5 Å². The van der Waals surface area contributed by atoms with Gasteiger partial charge in [-0.1, -0.05) is 11.6 Å². The highest BCUT2D eigenvalue weighted by Gasteiger charge is 2.34. The molecular formula is C21H26O7S2. The maximum atomic E-state index is 12.5. The van der Waals surface area contributed by atoms with Gasteiger partial charge >= 0.3 is 17.9 Å². The largest absolute Gasteiger partial charge is 0.496 e. The summed E-state index contributed by atoms with van der Waals surface area (Å²) >= 11 is 5.89. The lowest BCUT2D eigenvalue weighted by Crippen LogP contribution is -2.12. The van der Waals surface area contributed by atoms with E-state index in [4.69, 9.17) is 19.3 Å². The Kier molecular flexibility index (Phi) is 9.10. The first kappa shape index (κ1) is 24.1. The Morgan fingerprint density at radius 1 is 1.23 bits per heavy atom. The Hall–Kier alpha value is -2.13. The van der Waals surface area contributed by atoms with Crippen LogP contribution in [0.4, 0.5) is 0 Å². The van der Waals surface area contributed by atoms with E-state index in [-0.39, 0.29) is 24.3 Å². The lowest BCUT2D eigenvalue weighted by atomic mass is 9.94. The minimum absolute atomic E-state index is 0.0262. The summed E-state index contributed by atoms with van der Waals surface area (Å²) in [6.45, 7) is 3.21. The van der Waals surface area contributed by atoms with Crippen LogP contribution in [0, 0.1) is 0 Å². The highest BCUT2D eigenvalue weighted by atomic mass is 32.2. The number of carboxylic acids is 1. The van der Waals surface area contributed by atoms with Gasteiger partial charge in [-0.25, -0.2) is 4.79 Å². The molecule has 30 heavy (non-hydrogen) atoms. The van der Waals surface area contributed by atoms with Crippen molar-refractivity contribution < 1.29 is 33.7 Å². The van der Waals surface area contributed by atoms with Crippen molar-refractivity contribution in [3.63, 3.8) is 0 Å². The SMILES string of the molecule is COc1c(CSCCS)c2c(c(OC(C)=O)c1C/C=C(\C)CCC(=O)O)C(=O)OC2. The summed E-state index contributed by atoms with van der Waals surface area (Å²) in [6.07, 6.45) is 2.61. The number of carbonyl (C=O) groups excluding carboxylic acids is 2. The number of benzene rings is 1. The van der Waals surface area contributed by atoms with E-state index in [2.05, 4.69) is 12.6 Å². The Balaban J connectivity index is 2.58. The van der Waals surface area contributed by atoms with Gasteiger partial charge in [0.2, 0.25) is 0 Å². The van der Waals surface area contributed by atoms with Crippen molar-refractivity contribution in [1.82, 2.24) is 0 Å². The van der Waals surface area contributed by atoms with Gasteiger partial charge in [0, 0.05) is 41.5 Å². The van der Waals surface area contributed by atoms with E-state index in [1.165, 1.54) is 14.0 Å². The van der Waals surface area contributed by atoms with E-state index in [0.29, 0.717) is 41.2 Å². The second kappa shape index (κ2) is 11.3. The number of aliphatic carboxylic acids is 1. The molecule has 9 heteroatoms. The quantitative estimate of drug-likeness (QED) is 0.171. The molecule has 1 aliphatic heterocycles. The fraction of sp³-hybridized carbons (Fsp3) is 0.476. The van der Waals surface area contributed by atoms with E-state index in [1.54, 1.807) is 11.8 Å². The average molecular weight is 455 g/mol. The summed E-state index contributed by atoms with van der Waals surface area (Å²) in [7, 11) is 1.54. The molecule has 0 radical (unpaired) electrons. The van der Waals surface area contributed by atoms with Gasteiger partial charge in [-0.15, -0.1) is 0 Å². The third kappa shape index (κ3) is 5.95. The number of fused-ring (bicyclic) bond motifs is 1. The van der Waals surface area contributed by atoms with Crippen LogP contribution in [0.2, 0.25) is 0 Å². The molecule has 0 bridgehead atoms. The number of thiol groups is 1. The van der Waals surface area contributed by atoms with Crippen LogP contribution in [0.3, 0.4) is 0 Å². The van der Waals surface area contributed by atoms with Crippen molar-refractivity contribution >= 4 is 42.3 Å². The summed E-state index contributed by atoms with van der Waals surface area (Å²) in [5, 5.41) is 8.88. The van der Waals surface area contributed by atoms with Crippen LogP contribution in [0.5, 0.6) is 11.5 Å². The van der Waals surface area contributed by atoms with Crippen LogP contribution in [0.25, 0.3) is 0 Å². The minimum Gasteiger partial charge on any atom is -0.496 e. The fourth-order valence-electron chi connectivity index (χ4n) is 3.21. The van der Waals surface area contributed by atoms with Gasteiger partial charge in [0.1, 0.15) is 17.9 Å². The Labute approximate surface area is 185 Å². The van der Waals surface area contributed by atoms with E-state index in [0.717, 1.165) is 16.9 Å². The van der Waals surface area contributed by atoms with Crippen molar-refractivity contribution in [2.24, 2.45) is 0 Å². The molecule has 1 N–H and O–H groups in total. The van der Waals surface area contributed by atoms with Crippen LogP contribution < -0.4 is 9.47 Å². The van der Waals surface area contributed by atoms with E-state index >= 15 is 0 Å². The molecule has 1 heterocycles. The molecular weight excluding hydrogens is 428 g/mol. The summed E-state index contributed by atoms with van der Waals surface area (Å²) in [5.74, 6) is 0.891. The molecule has 1 aromatic carbocycles. The molecule has 2 rings (SSSR count). The van der Waals surface area contributed by atoms with Crippen LogP contribution in [0.1, 0.15) is 53.7 Å². The summed E-state index contributed by atoms with van der Waals surface area (Å²) < 4.78 is 16.4. The van der Waals surface area contributed by atoms with Crippen LogP contribution >= 0.6 is 24.4 Å². The number of methoxy groups -OCH3 is 1. The summed E-state index contributed by atoms with van der Waals surface area (Å²) in [6, 6.07) is 0. The van der Waals surface area contributed by atoms with Gasteiger partial charge in [-0.3, -0.25) is 9.59 Å². The zero-order valence-corrected chi connectivity index (χ0v) is 19.0.